The Morgan fingerprint density at radius 1 is 1.60 bits per heavy atom. The van der Waals surface area contributed by atoms with Gasteiger partial charge < -0.3 is 4.90 Å². The van der Waals surface area contributed by atoms with Crippen LogP contribution in [0.2, 0.25) is 0 Å². The zero-order valence-corrected chi connectivity index (χ0v) is 9.93. The third-order valence-corrected chi connectivity index (χ3v) is 3.87. The predicted molar refractivity (Wildman–Crippen MR) is 62.8 cm³/mol. The second-order valence-corrected chi connectivity index (χ2v) is 4.82. The Morgan fingerprint density at radius 3 is 2.87 bits per heavy atom. The topological polar surface area (TPSA) is 33.2 Å². The van der Waals surface area contributed by atoms with E-state index in [1.807, 2.05) is 11.6 Å². The molecular weight excluding hydrogens is 232 g/mol. The minimum atomic E-state index is 0.155. The van der Waals surface area contributed by atoms with Crippen molar-refractivity contribution in [1.82, 2.24) is 4.98 Å². The molecule has 0 radical (unpaired) electrons. The maximum absolute atomic E-state index is 11.4. The summed E-state index contributed by atoms with van der Waals surface area (Å²) in [6.07, 6.45) is 3.63. The summed E-state index contributed by atoms with van der Waals surface area (Å²) in [4.78, 5) is 17.9. The van der Waals surface area contributed by atoms with Gasteiger partial charge in [-0.3, -0.25) is 4.79 Å². The molecule has 2 rings (SSSR count). The molecule has 5 heteroatoms. The number of rotatable bonds is 3. The third kappa shape index (κ3) is 2.49. The molecule has 0 aliphatic carbocycles. The molecule has 1 aromatic heterocycles. The van der Waals surface area contributed by atoms with Crippen molar-refractivity contribution in [3.05, 3.63) is 11.6 Å². The molecule has 3 nitrogen and oxygen atoms in total. The highest BCUT2D eigenvalue weighted by Crippen LogP contribution is 2.25. The Kier molecular flexibility index (Phi) is 3.59. The average Bonchev–Trinajstić information content (AvgIpc) is 2.82. The fraction of sp³-hybridized carbons (Fsp3) is 0.600. The largest absolute Gasteiger partial charge is 0.348 e. The minimum absolute atomic E-state index is 0.155. The molecule has 1 aromatic rings. The highest BCUT2D eigenvalue weighted by molar-refractivity contribution is 7.13. The molecule has 1 aliphatic rings. The van der Waals surface area contributed by atoms with Gasteiger partial charge in [0.25, 0.3) is 0 Å². The van der Waals surface area contributed by atoms with Crippen molar-refractivity contribution in [3.8, 4) is 0 Å². The Morgan fingerprint density at radius 2 is 2.33 bits per heavy atom. The van der Waals surface area contributed by atoms with Gasteiger partial charge >= 0.3 is 0 Å². The van der Waals surface area contributed by atoms with Crippen LogP contribution < -0.4 is 4.90 Å². The Balaban J connectivity index is 1.90. The van der Waals surface area contributed by atoms with Crippen LogP contribution in [-0.2, 0) is 4.79 Å². The number of ketones is 1. The number of alkyl halides is 1. The maximum atomic E-state index is 11.4. The summed E-state index contributed by atoms with van der Waals surface area (Å²) >= 11 is 7.20. The number of Topliss-reactive ketones (excluding diaryl/α,β-unsaturated/α-hetero) is 1. The molecule has 1 aliphatic heterocycles. The van der Waals surface area contributed by atoms with E-state index in [4.69, 9.17) is 11.6 Å². The first-order valence-corrected chi connectivity index (χ1v) is 6.46. The van der Waals surface area contributed by atoms with Crippen LogP contribution in [-0.4, -0.2) is 29.7 Å². The number of carbonyl (C=O) groups excluding carboxylic acids is 1. The molecule has 0 atom stereocenters. The quantitative estimate of drug-likeness (QED) is 0.764. The second kappa shape index (κ2) is 4.94. The third-order valence-electron chi connectivity index (χ3n) is 2.77. The number of aromatic nitrogens is 1. The standard InChI is InChI=1S/C10H13ClN2OS/c11-7-9(14)8-1-4-13(5-2-8)10-12-3-6-15-10/h3,6,8H,1-2,4-5,7H2. The van der Waals surface area contributed by atoms with Crippen molar-refractivity contribution in [3.63, 3.8) is 0 Å². The van der Waals surface area contributed by atoms with Crippen LogP contribution in [0.25, 0.3) is 0 Å². The van der Waals surface area contributed by atoms with Gasteiger partial charge in [-0.2, -0.15) is 0 Å². The number of carbonyl (C=O) groups is 1. The lowest BCUT2D eigenvalue weighted by molar-refractivity contribution is -0.120. The first-order chi connectivity index (χ1) is 7.31. The number of anilines is 1. The minimum Gasteiger partial charge on any atom is -0.348 e. The molecular formula is C10H13ClN2OS. The van der Waals surface area contributed by atoms with Gasteiger partial charge in [-0.25, -0.2) is 4.98 Å². The van der Waals surface area contributed by atoms with E-state index in [0.29, 0.717) is 0 Å². The van der Waals surface area contributed by atoms with E-state index in [2.05, 4.69) is 9.88 Å². The lowest BCUT2D eigenvalue weighted by Crippen LogP contribution is -2.36. The zero-order chi connectivity index (χ0) is 10.7. The fourth-order valence-electron chi connectivity index (χ4n) is 1.87. The number of nitrogens with zero attached hydrogens (tertiary/aromatic N) is 2. The van der Waals surface area contributed by atoms with Gasteiger partial charge in [0.15, 0.2) is 10.9 Å². The lowest BCUT2D eigenvalue weighted by Gasteiger charge is -2.30. The number of thiazole rings is 1. The number of hydrogen-bond donors (Lipinski definition) is 0. The lowest BCUT2D eigenvalue weighted by atomic mass is 9.93. The average molecular weight is 245 g/mol. The molecule has 1 fully saturated rings. The first-order valence-electron chi connectivity index (χ1n) is 5.04. The van der Waals surface area contributed by atoms with Crippen molar-refractivity contribution >= 4 is 33.9 Å². The molecule has 0 saturated carbocycles. The van der Waals surface area contributed by atoms with E-state index in [-0.39, 0.29) is 17.6 Å². The molecule has 1 saturated heterocycles. The molecule has 0 amide bonds. The van der Waals surface area contributed by atoms with Crippen LogP contribution in [0.15, 0.2) is 11.6 Å². The highest BCUT2D eigenvalue weighted by Gasteiger charge is 2.24. The molecule has 0 aromatic carbocycles. The van der Waals surface area contributed by atoms with Gasteiger partial charge in [0, 0.05) is 30.6 Å². The summed E-state index contributed by atoms with van der Waals surface area (Å²) in [5, 5.41) is 3.04. The molecule has 0 N–H and O–H groups in total. The summed E-state index contributed by atoms with van der Waals surface area (Å²) in [6.45, 7) is 1.83. The van der Waals surface area contributed by atoms with Crippen LogP contribution >= 0.6 is 22.9 Å². The van der Waals surface area contributed by atoms with Crippen molar-refractivity contribution in [2.24, 2.45) is 5.92 Å². The molecule has 15 heavy (non-hydrogen) atoms. The van der Waals surface area contributed by atoms with Crippen molar-refractivity contribution in [2.45, 2.75) is 12.8 Å². The number of halogens is 1. The monoisotopic (exact) mass is 244 g/mol. The van der Waals surface area contributed by atoms with Crippen LogP contribution in [0.1, 0.15) is 12.8 Å². The molecule has 0 bridgehead atoms. The molecule has 2 heterocycles. The predicted octanol–water partition coefficient (Wildman–Crippen LogP) is 2.17. The molecule has 82 valence electrons. The van der Waals surface area contributed by atoms with Crippen molar-refractivity contribution in [1.29, 1.82) is 0 Å². The van der Waals surface area contributed by atoms with Gasteiger partial charge in [-0.05, 0) is 12.8 Å². The zero-order valence-electron chi connectivity index (χ0n) is 8.36. The SMILES string of the molecule is O=C(CCl)C1CCN(c2nccs2)CC1. The van der Waals surface area contributed by atoms with E-state index in [0.717, 1.165) is 31.1 Å². The summed E-state index contributed by atoms with van der Waals surface area (Å²) in [5.41, 5.74) is 0. The Labute approximate surface area is 98.1 Å². The van der Waals surface area contributed by atoms with Crippen LogP contribution in [0.4, 0.5) is 5.13 Å². The van der Waals surface area contributed by atoms with Gasteiger partial charge in [0.1, 0.15) is 0 Å². The van der Waals surface area contributed by atoms with E-state index >= 15 is 0 Å². The summed E-state index contributed by atoms with van der Waals surface area (Å²) in [7, 11) is 0. The van der Waals surface area contributed by atoms with Crippen molar-refractivity contribution in [2.75, 3.05) is 23.9 Å². The smallest absolute Gasteiger partial charge is 0.185 e. The van der Waals surface area contributed by atoms with E-state index in [9.17, 15) is 4.79 Å². The first kappa shape index (κ1) is 10.9. The number of hydrogen-bond acceptors (Lipinski definition) is 4. The van der Waals surface area contributed by atoms with Gasteiger partial charge in [0.05, 0.1) is 5.88 Å². The molecule has 0 unspecified atom stereocenters. The summed E-state index contributed by atoms with van der Waals surface area (Å²) < 4.78 is 0. The van der Waals surface area contributed by atoms with Crippen LogP contribution in [0.5, 0.6) is 0 Å². The van der Waals surface area contributed by atoms with E-state index in [1.165, 1.54) is 0 Å². The normalized spacial score (nSPS) is 18.1. The highest BCUT2D eigenvalue weighted by atomic mass is 35.5. The summed E-state index contributed by atoms with van der Waals surface area (Å²) in [5.74, 6) is 0.510. The Hall–Kier alpha value is -0.610. The molecule has 0 spiro atoms. The van der Waals surface area contributed by atoms with Gasteiger partial charge in [-0.1, -0.05) is 0 Å². The van der Waals surface area contributed by atoms with E-state index in [1.54, 1.807) is 11.3 Å². The van der Waals surface area contributed by atoms with Gasteiger partial charge in [0.2, 0.25) is 0 Å². The summed E-state index contributed by atoms with van der Waals surface area (Å²) in [6, 6.07) is 0. The van der Waals surface area contributed by atoms with E-state index < -0.39 is 0 Å². The van der Waals surface area contributed by atoms with Crippen LogP contribution in [0, 0.1) is 5.92 Å². The van der Waals surface area contributed by atoms with Crippen LogP contribution in [0.3, 0.4) is 0 Å². The second-order valence-electron chi connectivity index (χ2n) is 3.68. The van der Waals surface area contributed by atoms with Crippen molar-refractivity contribution < 1.29 is 4.79 Å². The fourth-order valence-corrected chi connectivity index (χ4v) is 2.79. The number of piperidine rings is 1. The Bertz CT molecular complexity index is 320. The van der Waals surface area contributed by atoms with Gasteiger partial charge in [-0.15, -0.1) is 22.9 Å². The maximum Gasteiger partial charge on any atom is 0.185 e.